The van der Waals surface area contributed by atoms with Gasteiger partial charge in [-0.1, -0.05) is 24.3 Å². The molecule has 2 aromatic heterocycles. The van der Waals surface area contributed by atoms with E-state index < -0.39 is 0 Å². The summed E-state index contributed by atoms with van der Waals surface area (Å²) in [5.74, 6) is 1.43. The summed E-state index contributed by atoms with van der Waals surface area (Å²) in [7, 11) is 0. The van der Waals surface area contributed by atoms with Crippen molar-refractivity contribution in [2.75, 3.05) is 11.9 Å². The van der Waals surface area contributed by atoms with Crippen molar-refractivity contribution in [3.63, 3.8) is 0 Å². The van der Waals surface area contributed by atoms with Gasteiger partial charge in [-0.05, 0) is 81.1 Å². The van der Waals surface area contributed by atoms with Gasteiger partial charge in [-0.3, -0.25) is 14.6 Å². The van der Waals surface area contributed by atoms with Gasteiger partial charge in [0.2, 0.25) is 5.88 Å². The van der Waals surface area contributed by atoms with Crippen LogP contribution in [0.15, 0.2) is 91.3 Å². The molecule has 5 rings (SSSR count). The largest absolute Gasteiger partial charge is 0.474 e. The molecule has 8 nitrogen and oxygen atoms in total. The molecule has 40 heavy (non-hydrogen) atoms. The summed E-state index contributed by atoms with van der Waals surface area (Å²) < 4.78 is 17.0. The first-order valence-corrected chi connectivity index (χ1v) is 13.5. The normalized spacial score (nSPS) is 16.5. The van der Waals surface area contributed by atoms with Crippen molar-refractivity contribution < 1.29 is 23.8 Å². The smallest absolute Gasteiger partial charge is 0.308 e. The number of amides is 1. The van der Waals surface area contributed by atoms with Crippen LogP contribution in [0.3, 0.4) is 0 Å². The second-order valence-electron chi connectivity index (χ2n) is 9.56. The van der Waals surface area contributed by atoms with Crippen molar-refractivity contribution in [3.8, 4) is 28.6 Å². The van der Waals surface area contributed by atoms with E-state index in [2.05, 4.69) is 15.3 Å². The van der Waals surface area contributed by atoms with Crippen LogP contribution in [0.1, 0.15) is 43.0 Å². The molecular formula is C32H31N3O5. The lowest BCUT2D eigenvalue weighted by molar-refractivity contribution is -0.149. The maximum Gasteiger partial charge on any atom is 0.308 e. The number of pyridine rings is 2. The average Bonchev–Trinajstić information content (AvgIpc) is 2.99. The number of hydrogen-bond acceptors (Lipinski definition) is 7. The number of nitrogens with one attached hydrogen (secondary N) is 1. The molecule has 0 radical (unpaired) electrons. The zero-order valence-corrected chi connectivity index (χ0v) is 22.3. The van der Waals surface area contributed by atoms with Gasteiger partial charge in [-0.15, -0.1) is 0 Å². The van der Waals surface area contributed by atoms with Crippen LogP contribution in [0.2, 0.25) is 0 Å². The minimum Gasteiger partial charge on any atom is -0.474 e. The van der Waals surface area contributed by atoms with E-state index in [1.54, 1.807) is 42.7 Å². The van der Waals surface area contributed by atoms with Crippen molar-refractivity contribution in [1.82, 2.24) is 9.97 Å². The third-order valence-electron chi connectivity index (χ3n) is 6.71. The fourth-order valence-corrected chi connectivity index (χ4v) is 4.62. The molecule has 2 aromatic carbocycles. The molecule has 204 valence electrons. The fourth-order valence-electron chi connectivity index (χ4n) is 4.62. The number of carbonyl (C=O) groups excluding carboxylic acids is 2. The Morgan fingerprint density at radius 3 is 2.35 bits per heavy atom. The summed E-state index contributed by atoms with van der Waals surface area (Å²) in [6.07, 6.45) is 6.50. The Morgan fingerprint density at radius 1 is 0.850 bits per heavy atom. The van der Waals surface area contributed by atoms with Crippen molar-refractivity contribution in [2.24, 2.45) is 5.92 Å². The lowest BCUT2D eigenvalue weighted by Gasteiger charge is -2.27. The Bertz CT molecular complexity index is 1420. The zero-order valence-electron chi connectivity index (χ0n) is 22.3. The molecule has 1 amide bonds. The summed E-state index contributed by atoms with van der Waals surface area (Å²) in [6.45, 7) is 2.24. The first kappa shape index (κ1) is 26.9. The van der Waals surface area contributed by atoms with Gasteiger partial charge >= 0.3 is 5.97 Å². The lowest BCUT2D eigenvalue weighted by atomic mass is 9.87. The number of esters is 1. The number of nitrogens with zero attached hydrogens (tertiary/aromatic N) is 2. The Kier molecular flexibility index (Phi) is 8.66. The second kappa shape index (κ2) is 12.9. The minimum absolute atomic E-state index is 0.0345. The number of benzene rings is 2. The molecule has 1 N–H and O–H groups in total. The van der Waals surface area contributed by atoms with E-state index in [-0.39, 0.29) is 23.9 Å². The van der Waals surface area contributed by atoms with Crippen LogP contribution < -0.4 is 14.8 Å². The van der Waals surface area contributed by atoms with Gasteiger partial charge in [-0.25, -0.2) is 4.98 Å². The maximum absolute atomic E-state index is 12.8. The summed E-state index contributed by atoms with van der Waals surface area (Å²) in [6, 6.07) is 23.8. The molecule has 1 fully saturated rings. The number of rotatable bonds is 9. The van der Waals surface area contributed by atoms with Crippen LogP contribution in [0.5, 0.6) is 17.4 Å². The number of aromatic nitrogens is 2. The number of anilines is 1. The Morgan fingerprint density at radius 2 is 1.65 bits per heavy atom. The predicted molar refractivity (Wildman–Crippen MR) is 151 cm³/mol. The standard InChI is InChI=1S/C32H31N3O5/c1-2-38-32(37)22-11-15-27(16-12-22)40-30-18-13-24(20-34-30)29-17-14-25(21-33-29)35-31(36)23-7-6-10-28(19-23)39-26-8-4-3-5-9-26/h3-10,13-14,17-22,27H,2,11-12,15-16H2,1H3,(H,35,36). The first-order valence-electron chi connectivity index (χ1n) is 13.5. The summed E-state index contributed by atoms with van der Waals surface area (Å²) in [5, 5.41) is 2.88. The third-order valence-corrected chi connectivity index (χ3v) is 6.71. The third kappa shape index (κ3) is 7.02. The minimum atomic E-state index is -0.257. The SMILES string of the molecule is CCOC(=O)C1CCC(Oc2ccc(-c3ccc(NC(=O)c4cccc(Oc5ccccc5)c4)cn3)cn2)CC1. The highest BCUT2D eigenvalue weighted by atomic mass is 16.5. The van der Waals surface area contributed by atoms with Gasteiger partial charge in [0.1, 0.15) is 17.6 Å². The first-order chi connectivity index (χ1) is 19.6. The van der Waals surface area contributed by atoms with Crippen molar-refractivity contribution >= 4 is 17.6 Å². The number of ether oxygens (including phenoxy) is 3. The highest BCUT2D eigenvalue weighted by molar-refractivity contribution is 6.04. The molecule has 0 bridgehead atoms. The van der Waals surface area contributed by atoms with Gasteiger partial charge in [0.05, 0.1) is 30.1 Å². The number of carbonyl (C=O) groups is 2. The van der Waals surface area contributed by atoms with Crippen molar-refractivity contribution in [3.05, 3.63) is 96.8 Å². The topological polar surface area (TPSA) is 99.6 Å². The predicted octanol–water partition coefficient (Wildman–Crippen LogP) is 6.69. The molecule has 4 aromatic rings. The summed E-state index contributed by atoms with van der Waals surface area (Å²) in [5.41, 5.74) is 2.62. The van der Waals surface area contributed by atoms with Crippen LogP contribution >= 0.6 is 0 Å². The highest BCUT2D eigenvalue weighted by Crippen LogP contribution is 2.29. The van der Waals surface area contributed by atoms with E-state index in [4.69, 9.17) is 14.2 Å². The quantitative estimate of drug-likeness (QED) is 0.238. The van der Waals surface area contributed by atoms with Crippen molar-refractivity contribution in [2.45, 2.75) is 38.7 Å². The average molecular weight is 538 g/mol. The molecule has 8 heteroatoms. The molecule has 2 heterocycles. The number of para-hydroxylation sites is 1. The molecule has 0 saturated heterocycles. The van der Waals surface area contributed by atoms with E-state index >= 15 is 0 Å². The molecule has 0 atom stereocenters. The van der Waals surface area contributed by atoms with Crippen LogP contribution in [0.25, 0.3) is 11.3 Å². The van der Waals surface area contributed by atoms with Gasteiger partial charge in [0.25, 0.3) is 5.91 Å². The lowest BCUT2D eigenvalue weighted by Crippen LogP contribution is -2.29. The van der Waals surface area contributed by atoms with Crippen LogP contribution in [-0.2, 0) is 9.53 Å². The van der Waals surface area contributed by atoms with E-state index in [1.807, 2.05) is 55.5 Å². The van der Waals surface area contributed by atoms with Gasteiger partial charge < -0.3 is 19.5 Å². The highest BCUT2D eigenvalue weighted by Gasteiger charge is 2.28. The summed E-state index contributed by atoms with van der Waals surface area (Å²) in [4.78, 5) is 33.7. The van der Waals surface area contributed by atoms with E-state index in [0.717, 1.165) is 36.9 Å². The fraction of sp³-hybridized carbons (Fsp3) is 0.250. The van der Waals surface area contributed by atoms with E-state index in [0.29, 0.717) is 35.2 Å². The Labute approximate surface area is 233 Å². The maximum atomic E-state index is 12.8. The Balaban J connectivity index is 1.14. The monoisotopic (exact) mass is 537 g/mol. The molecule has 0 aliphatic heterocycles. The van der Waals surface area contributed by atoms with Crippen molar-refractivity contribution in [1.29, 1.82) is 0 Å². The van der Waals surface area contributed by atoms with E-state index in [1.165, 1.54) is 0 Å². The van der Waals surface area contributed by atoms with Gasteiger partial charge in [0.15, 0.2) is 0 Å². The zero-order chi connectivity index (χ0) is 27.7. The molecular weight excluding hydrogens is 506 g/mol. The van der Waals surface area contributed by atoms with Crippen LogP contribution in [-0.4, -0.2) is 34.6 Å². The second-order valence-corrected chi connectivity index (χ2v) is 9.56. The Hall–Kier alpha value is -4.72. The molecule has 1 aliphatic rings. The van der Waals surface area contributed by atoms with E-state index in [9.17, 15) is 9.59 Å². The number of hydrogen-bond donors (Lipinski definition) is 1. The molecule has 1 aliphatic carbocycles. The molecule has 0 unspecified atom stereocenters. The molecule has 0 spiro atoms. The van der Waals surface area contributed by atoms with Crippen LogP contribution in [0, 0.1) is 5.92 Å². The van der Waals surface area contributed by atoms with Gasteiger partial charge in [-0.2, -0.15) is 0 Å². The van der Waals surface area contributed by atoms with Gasteiger partial charge in [0, 0.05) is 23.4 Å². The van der Waals surface area contributed by atoms with Crippen LogP contribution in [0.4, 0.5) is 5.69 Å². The molecule has 1 saturated carbocycles. The summed E-state index contributed by atoms with van der Waals surface area (Å²) >= 11 is 0.